The molecule has 0 bridgehead atoms. The number of nitro groups is 1. The molecule has 0 unspecified atom stereocenters. The van der Waals surface area contributed by atoms with Crippen molar-refractivity contribution in [3.8, 4) is 0 Å². The third-order valence-electron chi connectivity index (χ3n) is 4.13. The first kappa shape index (κ1) is 19.5. The molecule has 0 fully saturated rings. The number of nitrogens with zero attached hydrogens (tertiary/aromatic N) is 1. The molecule has 3 aromatic carbocycles. The molecular formula is C22H16N2O5. The van der Waals surface area contributed by atoms with Crippen LogP contribution in [0.25, 0.3) is 12.2 Å². The van der Waals surface area contributed by atoms with Gasteiger partial charge in [0.05, 0.1) is 21.7 Å². The van der Waals surface area contributed by atoms with E-state index in [0.29, 0.717) is 5.56 Å². The van der Waals surface area contributed by atoms with Crippen LogP contribution in [0.1, 0.15) is 31.8 Å². The van der Waals surface area contributed by atoms with Gasteiger partial charge in [-0.25, -0.2) is 4.79 Å². The summed E-state index contributed by atoms with van der Waals surface area (Å²) in [6.07, 6.45) is 3.12. The van der Waals surface area contributed by atoms with Crippen molar-refractivity contribution in [3.63, 3.8) is 0 Å². The lowest BCUT2D eigenvalue weighted by Crippen LogP contribution is -2.15. The summed E-state index contributed by atoms with van der Waals surface area (Å²) in [5.74, 6) is -1.87. The lowest BCUT2D eigenvalue weighted by atomic mass is 10.0. The lowest BCUT2D eigenvalue weighted by Gasteiger charge is -2.10. The topological polar surface area (TPSA) is 110 Å². The van der Waals surface area contributed by atoms with Gasteiger partial charge in [-0.05, 0) is 29.8 Å². The second-order valence-electron chi connectivity index (χ2n) is 6.08. The molecule has 0 atom stereocenters. The zero-order chi connectivity index (χ0) is 20.8. The third-order valence-corrected chi connectivity index (χ3v) is 4.13. The fraction of sp³-hybridized carbons (Fsp3) is 0. The van der Waals surface area contributed by atoms with Crippen LogP contribution in [0.5, 0.6) is 0 Å². The van der Waals surface area contributed by atoms with Crippen molar-refractivity contribution in [2.75, 3.05) is 5.32 Å². The van der Waals surface area contributed by atoms with Crippen LogP contribution < -0.4 is 5.32 Å². The first-order chi connectivity index (χ1) is 14.0. The molecule has 0 aliphatic heterocycles. The van der Waals surface area contributed by atoms with E-state index in [2.05, 4.69) is 5.32 Å². The van der Waals surface area contributed by atoms with Crippen molar-refractivity contribution in [3.05, 3.63) is 105 Å². The zero-order valence-electron chi connectivity index (χ0n) is 15.1. The van der Waals surface area contributed by atoms with Gasteiger partial charge >= 0.3 is 5.97 Å². The molecule has 3 rings (SSSR count). The van der Waals surface area contributed by atoms with Gasteiger partial charge in [0.15, 0.2) is 0 Å². The van der Waals surface area contributed by atoms with Gasteiger partial charge in [-0.3, -0.25) is 14.9 Å². The molecule has 0 aromatic heterocycles. The lowest BCUT2D eigenvalue weighted by molar-refractivity contribution is -0.385. The Bertz CT molecular complexity index is 1090. The molecule has 7 nitrogen and oxygen atoms in total. The predicted octanol–water partition coefficient (Wildman–Crippen LogP) is 4.72. The summed E-state index contributed by atoms with van der Waals surface area (Å²) < 4.78 is 0. The number of amides is 1. The predicted molar refractivity (Wildman–Crippen MR) is 110 cm³/mol. The molecule has 29 heavy (non-hydrogen) atoms. The maximum Gasteiger partial charge on any atom is 0.337 e. The SMILES string of the molecule is O=C(Nc1cc([N+](=O)[O-])c(C=Cc2ccccc2)cc1C(=O)O)c1ccccc1. The van der Waals surface area contributed by atoms with Crippen molar-refractivity contribution in [1.29, 1.82) is 0 Å². The Morgan fingerprint density at radius 1 is 0.931 bits per heavy atom. The standard InChI is InChI=1S/C22H16N2O5/c25-21(16-9-5-2-6-10-16)23-19-14-20(24(28)29)17(13-18(19)22(26)27)12-11-15-7-3-1-4-8-15/h1-14H,(H,23,25)(H,26,27). The van der Waals surface area contributed by atoms with Gasteiger partial charge in [0.2, 0.25) is 0 Å². The van der Waals surface area contributed by atoms with Gasteiger partial charge in [-0.1, -0.05) is 54.6 Å². The molecule has 7 heteroatoms. The zero-order valence-corrected chi connectivity index (χ0v) is 15.1. The summed E-state index contributed by atoms with van der Waals surface area (Å²) >= 11 is 0. The van der Waals surface area contributed by atoms with Gasteiger partial charge in [-0.2, -0.15) is 0 Å². The molecule has 0 saturated carbocycles. The molecule has 1 amide bonds. The molecule has 0 saturated heterocycles. The maximum atomic E-state index is 12.4. The Labute approximate surface area is 166 Å². The number of benzene rings is 3. The van der Waals surface area contributed by atoms with Crippen molar-refractivity contribution in [1.82, 2.24) is 0 Å². The maximum absolute atomic E-state index is 12.4. The fourth-order valence-corrected chi connectivity index (χ4v) is 2.71. The molecule has 0 radical (unpaired) electrons. The summed E-state index contributed by atoms with van der Waals surface area (Å²) in [6, 6.07) is 19.5. The summed E-state index contributed by atoms with van der Waals surface area (Å²) in [4.78, 5) is 35.0. The minimum Gasteiger partial charge on any atom is -0.478 e. The van der Waals surface area contributed by atoms with E-state index in [4.69, 9.17) is 0 Å². The number of nitrogens with one attached hydrogen (secondary N) is 1. The number of carboxylic acid groups (broad SMARTS) is 1. The number of aromatic carboxylic acids is 1. The van der Waals surface area contributed by atoms with Crippen molar-refractivity contribution >= 4 is 35.4 Å². The van der Waals surface area contributed by atoms with E-state index in [1.165, 1.54) is 12.1 Å². The first-order valence-corrected chi connectivity index (χ1v) is 8.61. The van der Waals surface area contributed by atoms with Crippen LogP contribution >= 0.6 is 0 Å². The molecule has 3 aromatic rings. The highest BCUT2D eigenvalue weighted by molar-refractivity contribution is 6.08. The van der Waals surface area contributed by atoms with Gasteiger partial charge in [0.25, 0.3) is 11.6 Å². The van der Waals surface area contributed by atoms with Crippen LogP contribution in [-0.2, 0) is 0 Å². The van der Waals surface area contributed by atoms with Crippen LogP contribution in [0.2, 0.25) is 0 Å². The quantitative estimate of drug-likeness (QED) is 0.361. The molecule has 0 spiro atoms. The summed E-state index contributed by atoms with van der Waals surface area (Å²) in [5, 5.41) is 23.5. The number of nitro benzene ring substituents is 1. The van der Waals surface area contributed by atoms with Crippen molar-refractivity contribution in [2.45, 2.75) is 0 Å². The van der Waals surface area contributed by atoms with E-state index in [9.17, 15) is 24.8 Å². The van der Waals surface area contributed by atoms with E-state index in [-0.39, 0.29) is 22.5 Å². The number of carbonyl (C=O) groups is 2. The highest BCUT2D eigenvalue weighted by Gasteiger charge is 2.21. The molecular weight excluding hydrogens is 372 g/mol. The minimum absolute atomic E-state index is 0.119. The van der Waals surface area contributed by atoms with Crippen LogP contribution in [0, 0.1) is 10.1 Å². The number of carbonyl (C=O) groups excluding carboxylic acids is 1. The largest absolute Gasteiger partial charge is 0.478 e. The highest BCUT2D eigenvalue weighted by atomic mass is 16.6. The number of hydrogen-bond acceptors (Lipinski definition) is 4. The van der Waals surface area contributed by atoms with E-state index >= 15 is 0 Å². The third kappa shape index (κ3) is 4.72. The average Bonchev–Trinajstić information content (AvgIpc) is 2.73. The van der Waals surface area contributed by atoms with Crippen LogP contribution in [0.3, 0.4) is 0 Å². The molecule has 2 N–H and O–H groups in total. The molecule has 144 valence electrons. The van der Waals surface area contributed by atoms with Crippen LogP contribution in [-0.4, -0.2) is 21.9 Å². The van der Waals surface area contributed by atoms with E-state index in [1.54, 1.807) is 36.4 Å². The number of carboxylic acids is 1. The Morgan fingerprint density at radius 3 is 2.14 bits per heavy atom. The number of rotatable bonds is 6. The fourth-order valence-electron chi connectivity index (χ4n) is 2.71. The van der Waals surface area contributed by atoms with Gasteiger partial charge < -0.3 is 10.4 Å². The Morgan fingerprint density at radius 2 is 1.55 bits per heavy atom. The Kier molecular flexibility index (Phi) is 5.80. The summed E-state index contributed by atoms with van der Waals surface area (Å²) in [5.41, 5.74) is 0.529. The minimum atomic E-state index is -1.31. The smallest absolute Gasteiger partial charge is 0.337 e. The van der Waals surface area contributed by atoms with E-state index < -0.39 is 16.8 Å². The summed E-state index contributed by atoms with van der Waals surface area (Å²) in [6.45, 7) is 0. The molecule has 0 aliphatic carbocycles. The normalized spacial score (nSPS) is 10.6. The monoisotopic (exact) mass is 388 g/mol. The Hall–Kier alpha value is -4.26. The molecule has 0 heterocycles. The van der Waals surface area contributed by atoms with E-state index in [0.717, 1.165) is 11.6 Å². The second kappa shape index (κ2) is 8.62. The number of hydrogen-bond donors (Lipinski definition) is 2. The van der Waals surface area contributed by atoms with Gasteiger partial charge in [0.1, 0.15) is 0 Å². The van der Waals surface area contributed by atoms with Gasteiger partial charge in [-0.15, -0.1) is 0 Å². The van der Waals surface area contributed by atoms with Crippen molar-refractivity contribution in [2.24, 2.45) is 0 Å². The Balaban J connectivity index is 2.02. The van der Waals surface area contributed by atoms with Crippen LogP contribution in [0.15, 0.2) is 72.8 Å². The number of anilines is 1. The molecule has 0 aliphatic rings. The first-order valence-electron chi connectivity index (χ1n) is 8.61. The second-order valence-corrected chi connectivity index (χ2v) is 6.08. The average molecular weight is 388 g/mol. The van der Waals surface area contributed by atoms with Crippen LogP contribution in [0.4, 0.5) is 11.4 Å². The van der Waals surface area contributed by atoms with E-state index in [1.807, 2.05) is 30.3 Å². The van der Waals surface area contributed by atoms with Gasteiger partial charge in [0, 0.05) is 11.6 Å². The van der Waals surface area contributed by atoms with Crippen molar-refractivity contribution < 1.29 is 19.6 Å². The summed E-state index contributed by atoms with van der Waals surface area (Å²) in [7, 11) is 0. The highest BCUT2D eigenvalue weighted by Crippen LogP contribution is 2.29.